The van der Waals surface area contributed by atoms with Crippen molar-refractivity contribution in [2.24, 2.45) is 0 Å². The molecule has 0 radical (unpaired) electrons. The number of nitrogens with zero attached hydrogens (tertiary/aromatic N) is 2. The molecule has 0 aromatic carbocycles. The SMILES string of the molecule is FC(F)(F)c1cnc(Cl)c(-c2cn[nH]c2)c1. The summed E-state index contributed by atoms with van der Waals surface area (Å²) in [6.07, 6.45) is -0.909. The first-order chi connectivity index (χ1) is 7.48. The molecule has 0 fully saturated rings. The van der Waals surface area contributed by atoms with Crippen LogP contribution in [-0.2, 0) is 6.18 Å². The lowest BCUT2D eigenvalue weighted by atomic mass is 10.1. The summed E-state index contributed by atoms with van der Waals surface area (Å²) in [5.74, 6) is 0. The van der Waals surface area contributed by atoms with Crippen LogP contribution in [0.3, 0.4) is 0 Å². The summed E-state index contributed by atoms with van der Waals surface area (Å²) in [6.45, 7) is 0. The molecule has 0 atom stereocenters. The average molecular weight is 248 g/mol. The Morgan fingerprint density at radius 1 is 1.25 bits per heavy atom. The number of aromatic amines is 1. The van der Waals surface area contributed by atoms with Gasteiger partial charge in [0.2, 0.25) is 0 Å². The number of hydrogen-bond acceptors (Lipinski definition) is 2. The van der Waals surface area contributed by atoms with Gasteiger partial charge in [0.25, 0.3) is 0 Å². The van der Waals surface area contributed by atoms with Crippen molar-refractivity contribution >= 4 is 11.6 Å². The van der Waals surface area contributed by atoms with E-state index in [1.165, 1.54) is 12.4 Å². The monoisotopic (exact) mass is 247 g/mol. The largest absolute Gasteiger partial charge is 0.417 e. The van der Waals surface area contributed by atoms with E-state index in [9.17, 15) is 13.2 Å². The van der Waals surface area contributed by atoms with Crippen molar-refractivity contribution in [1.29, 1.82) is 0 Å². The molecule has 1 N–H and O–H groups in total. The molecule has 16 heavy (non-hydrogen) atoms. The molecule has 0 aliphatic rings. The number of pyridine rings is 1. The van der Waals surface area contributed by atoms with E-state index in [0.29, 0.717) is 11.8 Å². The van der Waals surface area contributed by atoms with E-state index in [-0.39, 0.29) is 10.7 Å². The number of rotatable bonds is 1. The predicted molar refractivity (Wildman–Crippen MR) is 51.8 cm³/mol. The normalized spacial score (nSPS) is 11.8. The van der Waals surface area contributed by atoms with E-state index < -0.39 is 11.7 Å². The smallest absolute Gasteiger partial charge is 0.285 e. The molecular formula is C9H5ClF3N3. The van der Waals surface area contributed by atoms with Gasteiger partial charge in [-0.3, -0.25) is 5.10 Å². The van der Waals surface area contributed by atoms with Crippen LogP contribution in [0.5, 0.6) is 0 Å². The highest BCUT2D eigenvalue weighted by molar-refractivity contribution is 6.32. The van der Waals surface area contributed by atoms with Gasteiger partial charge in [-0.05, 0) is 6.07 Å². The van der Waals surface area contributed by atoms with Gasteiger partial charge in [-0.1, -0.05) is 11.6 Å². The highest BCUT2D eigenvalue weighted by Gasteiger charge is 2.31. The van der Waals surface area contributed by atoms with E-state index in [4.69, 9.17) is 11.6 Å². The topological polar surface area (TPSA) is 41.6 Å². The molecule has 84 valence electrons. The van der Waals surface area contributed by atoms with Crippen molar-refractivity contribution in [3.8, 4) is 11.1 Å². The predicted octanol–water partition coefficient (Wildman–Crippen LogP) is 3.14. The minimum Gasteiger partial charge on any atom is -0.285 e. The van der Waals surface area contributed by atoms with Crippen molar-refractivity contribution in [3.63, 3.8) is 0 Å². The third-order valence-electron chi connectivity index (χ3n) is 1.98. The zero-order valence-corrected chi connectivity index (χ0v) is 8.47. The summed E-state index contributed by atoms with van der Waals surface area (Å²) in [7, 11) is 0. The number of aromatic nitrogens is 3. The molecule has 2 heterocycles. The molecule has 7 heteroatoms. The number of H-pyrrole nitrogens is 1. The number of halogens is 4. The summed E-state index contributed by atoms with van der Waals surface area (Å²) in [4.78, 5) is 3.51. The maximum atomic E-state index is 12.4. The van der Waals surface area contributed by atoms with Gasteiger partial charge < -0.3 is 0 Å². The molecule has 0 unspecified atom stereocenters. The Balaban J connectivity index is 2.54. The van der Waals surface area contributed by atoms with E-state index >= 15 is 0 Å². The number of nitrogens with one attached hydrogen (secondary N) is 1. The molecular weight excluding hydrogens is 243 g/mol. The summed E-state index contributed by atoms with van der Waals surface area (Å²) >= 11 is 5.72. The lowest BCUT2D eigenvalue weighted by Gasteiger charge is -2.08. The van der Waals surface area contributed by atoms with Gasteiger partial charge in [-0.2, -0.15) is 18.3 Å². The van der Waals surface area contributed by atoms with Gasteiger partial charge in [0.05, 0.1) is 11.8 Å². The molecule has 2 aromatic rings. The first-order valence-electron chi connectivity index (χ1n) is 4.20. The fourth-order valence-corrected chi connectivity index (χ4v) is 1.42. The molecule has 0 amide bonds. The average Bonchev–Trinajstić information content (AvgIpc) is 2.69. The molecule has 0 aliphatic heterocycles. The van der Waals surface area contributed by atoms with Gasteiger partial charge in [-0.15, -0.1) is 0 Å². The van der Waals surface area contributed by atoms with E-state index in [0.717, 1.165) is 6.07 Å². The summed E-state index contributed by atoms with van der Waals surface area (Å²) in [6, 6.07) is 0.945. The molecule has 3 nitrogen and oxygen atoms in total. The molecule has 0 aliphatic carbocycles. The van der Waals surface area contributed by atoms with Gasteiger partial charge in [0.1, 0.15) is 5.15 Å². The van der Waals surface area contributed by atoms with Crippen molar-refractivity contribution in [3.05, 3.63) is 35.4 Å². The summed E-state index contributed by atoms with van der Waals surface area (Å²) < 4.78 is 37.3. The van der Waals surface area contributed by atoms with Crippen LogP contribution in [0, 0.1) is 0 Å². The Morgan fingerprint density at radius 2 is 2.00 bits per heavy atom. The lowest BCUT2D eigenvalue weighted by molar-refractivity contribution is -0.137. The quantitative estimate of drug-likeness (QED) is 0.787. The van der Waals surface area contributed by atoms with Crippen molar-refractivity contribution in [1.82, 2.24) is 15.2 Å². The molecule has 0 bridgehead atoms. The first-order valence-corrected chi connectivity index (χ1v) is 4.58. The highest BCUT2D eigenvalue weighted by atomic mass is 35.5. The second-order valence-electron chi connectivity index (χ2n) is 3.05. The Bertz CT molecular complexity index is 493. The third kappa shape index (κ3) is 2.01. The van der Waals surface area contributed by atoms with E-state index in [1.54, 1.807) is 0 Å². The second kappa shape index (κ2) is 3.79. The van der Waals surface area contributed by atoms with Crippen LogP contribution < -0.4 is 0 Å². The summed E-state index contributed by atoms with van der Waals surface area (Å²) in [5.41, 5.74) is -0.179. The first kappa shape index (κ1) is 10.9. The lowest BCUT2D eigenvalue weighted by Crippen LogP contribution is -2.05. The molecule has 2 rings (SSSR count). The van der Waals surface area contributed by atoms with Gasteiger partial charge in [-0.25, -0.2) is 4.98 Å². The maximum absolute atomic E-state index is 12.4. The minimum absolute atomic E-state index is 0.00870. The Labute approximate surface area is 93.3 Å². The molecule has 0 spiro atoms. The van der Waals surface area contributed by atoms with Crippen LogP contribution >= 0.6 is 11.6 Å². The van der Waals surface area contributed by atoms with Crippen molar-refractivity contribution in [2.75, 3.05) is 0 Å². The van der Waals surface area contributed by atoms with Crippen molar-refractivity contribution in [2.45, 2.75) is 6.18 Å². The minimum atomic E-state index is -4.43. The van der Waals surface area contributed by atoms with Crippen LogP contribution in [-0.4, -0.2) is 15.2 Å². The van der Waals surface area contributed by atoms with Gasteiger partial charge in [0, 0.05) is 23.5 Å². The van der Waals surface area contributed by atoms with Gasteiger partial charge in [0.15, 0.2) is 0 Å². The fraction of sp³-hybridized carbons (Fsp3) is 0.111. The number of hydrogen-bond donors (Lipinski definition) is 1. The van der Waals surface area contributed by atoms with E-state index in [1.807, 2.05) is 0 Å². The maximum Gasteiger partial charge on any atom is 0.417 e. The van der Waals surface area contributed by atoms with Crippen LogP contribution in [0.2, 0.25) is 5.15 Å². The molecule has 0 saturated heterocycles. The molecule has 2 aromatic heterocycles. The van der Waals surface area contributed by atoms with Crippen LogP contribution in [0.15, 0.2) is 24.7 Å². The Hall–Kier alpha value is -1.56. The summed E-state index contributed by atoms with van der Waals surface area (Å²) in [5, 5.41) is 6.14. The second-order valence-corrected chi connectivity index (χ2v) is 3.41. The number of alkyl halides is 3. The van der Waals surface area contributed by atoms with Crippen LogP contribution in [0.25, 0.3) is 11.1 Å². The van der Waals surface area contributed by atoms with Crippen LogP contribution in [0.4, 0.5) is 13.2 Å². The van der Waals surface area contributed by atoms with Crippen molar-refractivity contribution < 1.29 is 13.2 Å². The zero-order chi connectivity index (χ0) is 11.8. The Morgan fingerprint density at radius 3 is 2.56 bits per heavy atom. The highest BCUT2D eigenvalue weighted by Crippen LogP contribution is 2.34. The Kier molecular flexibility index (Phi) is 2.59. The van der Waals surface area contributed by atoms with Crippen LogP contribution in [0.1, 0.15) is 5.56 Å². The standard InChI is InChI=1S/C9H5ClF3N3/c10-8-7(5-2-15-16-3-5)1-6(4-14-8)9(11,12)13/h1-4H,(H,15,16). The van der Waals surface area contributed by atoms with Gasteiger partial charge >= 0.3 is 6.18 Å². The molecule has 0 saturated carbocycles. The zero-order valence-electron chi connectivity index (χ0n) is 7.72. The third-order valence-corrected chi connectivity index (χ3v) is 2.28. The van der Waals surface area contributed by atoms with E-state index in [2.05, 4.69) is 15.2 Å². The fourth-order valence-electron chi connectivity index (χ4n) is 1.20.